The molecule has 2 aromatic heterocycles. The minimum Gasteiger partial charge on any atom is -0.368 e. The number of hydrogen-bond donors (Lipinski definition) is 0. The Kier molecular flexibility index (Phi) is 5.53. The van der Waals surface area contributed by atoms with Crippen molar-refractivity contribution in [2.24, 2.45) is 0 Å². The van der Waals surface area contributed by atoms with Gasteiger partial charge in [0.05, 0.1) is 34.2 Å². The number of pyridine rings is 1. The van der Waals surface area contributed by atoms with E-state index in [2.05, 4.69) is 45.4 Å². The molecular weight excluding hydrogens is 456 g/mol. The number of aromatic nitrogens is 4. The third kappa shape index (κ3) is 4.30. The van der Waals surface area contributed by atoms with E-state index >= 15 is 0 Å². The van der Waals surface area contributed by atoms with E-state index in [-0.39, 0.29) is 0 Å². The van der Waals surface area contributed by atoms with E-state index < -0.39 is 0 Å². The molecule has 1 saturated carbocycles. The zero-order valence-electron chi connectivity index (χ0n) is 19.6. The normalized spacial score (nSPS) is 16.0. The lowest BCUT2D eigenvalue weighted by atomic mass is 10.1. The zero-order chi connectivity index (χ0) is 23.9. The van der Waals surface area contributed by atoms with Gasteiger partial charge in [0.2, 0.25) is 0 Å². The summed E-state index contributed by atoms with van der Waals surface area (Å²) >= 11 is 6.61. The summed E-state index contributed by atoms with van der Waals surface area (Å²) in [6.07, 6.45) is 4.42. The minimum absolute atomic E-state index is 0.527. The lowest BCUT2D eigenvalue weighted by molar-refractivity contribution is 0.239. The Labute approximate surface area is 210 Å². The van der Waals surface area contributed by atoms with Crippen molar-refractivity contribution in [1.29, 1.82) is 0 Å². The summed E-state index contributed by atoms with van der Waals surface area (Å²) in [5, 5.41) is 10.3. The molecule has 0 spiro atoms. The number of benzene rings is 2. The SMILES string of the molecule is C=C(c1ccc2c(Cl)cc(-c3ccccc3)nc2c1)N1CCN(C(=C)c2cn(C3CC3)nn2)CC1. The van der Waals surface area contributed by atoms with E-state index in [1.807, 2.05) is 53.3 Å². The summed E-state index contributed by atoms with van der Waals surface area (Å²) in [5.41, 5.74) is 6.67. The van der Waals surface area contributed by atoms with Gasteiger partial charge in [-0.1, -0.05) is 72.4 Å². The molecule has 0 atom stereocenters. The second-order valence-electron chi connectivity index (χ2n) is 9.27. The van der Waals surface area contributed by atoms with Crippen LogP contribution in [-0.4, -0.2) is 56.0 Å². The predicted octanol–water partition coefficient (Wildman–Crippen LogP) is 5.74. The molecule has 0 amide bonds. The summed E-state index contributed by atoms with van der Waals surface area (Å²) in [7, 11) is 0. The molecule has 2 aromatic carbocycles. The van der Waals surface area contributed by atoms with E-state index in [1.165, 1.54) is 12.8 Å². The van der Waals surface area contributed by atoms with Crippen molar-refractivity contribution < 1.29 is 0 Å². The fourth-order valence-corrected chi connectivity index (χ4v) is 4.90. The minimum atomic E-state index is 0.527. The van der Waals surface area contributed by atoms with Crippen LogP contribution in [0.2, 0.25) is 5.02 Å². The molecule has 4 aromatic rings. The third-order valence-electron chi connectivity index (χ3n) is 6.93. The third-order valence-corrected chi connectivity index (χ3v) is 7.24. The molecule has 0 radical (unpaired) electrons. The molecule has 0 bridgehead atoms. The number of fused-ring (bicyclic) bond motifs is 1. The van der Waals surface area contributed by atoms with Gasteiger partial charge in [-0.25, -0.2) is 9.67 Å². The van der Waals surface area contributed by atoms with Gasteiger partial charge in [0, 0.05) is 42.8 Å². The maximum absolute atomic E-state index is 6.61. The molecule has 6 rings (SSSR count). The highest BCUT2D eigenvalue weighted by atomic mass is 35.5. The lowest BCUT2D eigenvalue weighted by Gasteiger charge is -2.38. The molecule has 2 fully saturated rings. The molecule has 3 heterocycles. The van der Waals surface area contributed by atoms with Crippen molar-refractivity contribution in [2.75, 3.05) is 26.2 Å². The first-order valence-electron chi connectivity index (χ1n) is 12.0. The van der Waals surface area contributed by atoms with Crippen LogP contribution in [0.15, 0.2) is 74.0 Å². The highest BCUT2D eigenvalue weighted by Crippen LogP contribution is 2.34. The summed E-state index contributed by atoms with van der Waals surface area (Å²) < 4.78 is 1.97. The first kappa shape index (κ1) is 21.9. The van der Waals surface area contributed by atoms with Crippen molar-refractivity contribution in [3.8, 4) is 11.3 Å². The van der Waals surface area contributed by atoms with Crippen LogP contribution in [0.3, 0.4) is 0 Å². The van der Waals surface area contributed by atoms with Gasteiger partial charge in [0.1, 0.15) is 5.69 Å². The predicted molar refractivity (Wildman–Crippen MR) is 142 cm³/mol. The summed E-state index contributed by atoms with van der Waals surface area (Å²) in [4.78, 5) is 9.52. The van der Waals surface area contributed by atoms with Gasteiger partial charge in [-0.05, 0) is 30.5 Å². The van der Waals surface area contributed by atoms with Gasteiger partial charge < -0.3 is 9.80 Å². The molecule has 35 heavy (non-hydrogen) atoms. The quantitative estimate of drug-likeness (QED) is 0.350. The van der Waals surface area contributed by atoms with Crippen molar-refractivity contribution in [3.63, 3.8) is 0 Å². The van der Waals surface area contributed by atoms with Crippen LogP contribution in [-0.2, 0) is 0 Å². The summed E-state index contributed by atoms with van der Waals surface area (Å²) in [6.45, 7) is 12.2. The standard InChI is InChI=1S/C28H27ClN6/c1-19(33-12-14-34(15-13-33)20(2)28-18-35(32-31-28)23-9-10-23)22-8-11-24-25(29)17-26(30-27(24)16-22)21-6-4-3-5-7-21/h3-8,11,16-18,23H,1-2,9-10,12-15H2. The van der Waals surface area contributed by atoms with Crippen molar-refractivity contribution in [3.05, 3.63) is 90.2 Å². The number of halogens is 1. The smallest absolute Gasteiger partial charge is 0.128 e. The van der Waals surface area contributed by atoms with Gasteiger partial charge in [-0.2, -0.15) is 0 Å². The van der Waals surface area contributed by atoms with Crippen LogP contribution < -0.4 is 0 Å². The number of rotatable bonds is 6. The second kappa shape index (κ2) is 8.86. The fourth-order valence-electron chi connectivity index (χ4n) is 4.64. The molecule has 1 aliphatic heterocycles. The second-order valence-corrected chi connectivity index (χ2v) is 9.68. The summed E-state index contributed by atoms with van der Waals surface area (Å²) in [5.74, 6) is 0. The molecule has 7 heteroatoms. The molecule has 2 aliphatic rings. The van der Waals surface area contributed by atoms with E-state index in [4.69, 9.17) is 16.6 Å². The van der Waals surface area contributed by atoms with Crippen molar-refractivity contribution in [2.45, 2.75) is 18.9 Å². The number of nitrogens with zero attached hydrogens (tertiary/aromatic N) is 6. The van der Waals surface area contributed by atoms with E-state index in [9.17, 15) is 0 Å². The van der Waals surface area contributed by atoms with Crippen LogP contribution in [0, 0.1) is 0 Å². The van der Waals surface area contributed by atoms with Gasteiger partial charge >= 0.3 is 0 Å². The Morgan fingerprint density at radius 3 is 2.31 bits per heavy atom. The highest BCUT2D eigenvalue weighted by molar-refractivity contribution is 6.35. The average Bonchev–Trinajstić information content (AvgIpc) is 3.64. The number of hydrogen-bond acceptors (Lipinski definition) is 5. The van der Waals surface area contributed by atoms with Gasteiger partial charge in [-0.3, -0.25) is 0 Å². The van der Waals surface area contributed by atoms with Crippen molar-refractivity contribution >= 4 is 33.9 Å². The maximum Gasteiger partial charge on any atom is 0.128 e. The van der Waals surface area contributed by atoms with Gasteiger partial charge in [0.15, 0.2) is 0 Å². The lowest BCUT2D eigenvalue weighted by Crippen LogP contribution is -2.44. The van der Waals surface area contributed by atoms with E-state index in [0.717, 1.165) is 71.0 Å². The van der Waals surface area contributed by atoms with Gasteiger partial charge in [-0.15, -0.1) is 5.10 Å². The molecule has 1 aliphatic carbocycles. The summed E-state index contributed by atoms with van der Waals surface area (Å²) in [6, 6.07) is 18.8. The zero-order valence-corrected chi connectivity index (χ0v) is 20.3. The molecule has 0 unspecified atom stereocenters. The van der Waals surface area contributed by atoms with Gasteiger partial charge in [0.25, 0.3) is 0 Å². The first-order chi connectivity index (χ1) is 17.1. The Hall–Kier alpha value is -3.64. The van der Waals surface area contributed by atoms with Crippen LogP contribution in [0.25, 0.3) is 33.6 Å². The van der Waals surface area contributed by atoms with Crippen LogP contribution in [0.4, 0.5) is 0 Å². The first-order valence-corrected chi connectivity index (χ1v) is 12.4. The monoisotopic (exact) mass is 482 g/mol. The topological polar surface area (TPSA) is 50.1 Å². The fraction of sp³-hybridized carbons (Fsp3) is 0.250. The Morgan fingerprint density at radius 2 is 1.60 bits per heavy atom. The maximum atomic E-state index is 6.61. The van der Waals surface area contributed by atoms with Crippen molar-refractivity contribution in [1.82, 2.24) is 29.8 Å². The number of piperazine rings is 1. The van der Waals surface area contributed by atoms with E-state index in [0.29, 0.717) is 11.1 Å². The average molecular weight is 483 g/mol. The molecule has 6 nitrogen and oxygen atoms in total. The molecule has 176 valence electrons. The highest BCUT2D eigenvalue weighted by Gasteiger charge is 2.26. The van der Waals surface area contributed by atoms with Crippen LogP contribution >= 0.6 is 11.6 Å². The Morgan fingerprint density at radius 1 is 0.886 bits per heavy atom. The van der Waals surface area contributed by atoms with Crippen LogP contribution in [0.5, 0.6) is 0 Å². The molecule has 1 saturated heterocycles. The van der Waals surface area contributed by atoms with Crippen LogP contribution in [0.1, 0.15) is 30.1 Å². The Bertz CT molecular complexity index is 1410. The Balaban J connectivity index is 1.17. The molecule has 0 N–H and O–H groups in total. The van der Waals surface area contributed by atoms with E-state index in [1.54, 1.807) is 0 Å². The molecular formula is C28H27ClN6. The largest absolute Gasteiger partial charge is 0.368 e.